The van der Waals surface area contributed by atoms with Crippen LogP contribution in [0.1, 0.15) is 0 Å². The van der Waals surface area contributed by atoms with Crippen LogP contribution in [0.25, 0.3) is 22.0 Å². The van der Waals surface area contributed by atoms with Gasteiger partial charge in [-0.2, -0.15) is 0 Å². The van der Waals surface area contributed by atoms with Gasteiger partial charge in [0.05, 0.1) is 23.6 Å². The lowest BCUT2D eigenvalue weighted by Gasteiger charge is -2.13. The maximum absolute atomic E-state index is 4.56. The topological polar surface area (TPSA) is 37.3 Å². The van der Waals surface area contributed by atoms with Crippen LogP contribution < -0.4 is 5.32 Å². The molecule has 0 fully saturated rings. The molecule has 0 amide bonds. The maximum atomic E-state index is 4.56. The molecule has 3 nitrogen and oxygen atoms in total. The molecule has 1 aliphatic rings. The van der Waals surface area contributed by atoms with Gasteiger partial charge < -0.3 is 5.32 Å². The van der Waals surface area contributed by atoms with E-state index in [0.717, 1.165) is 34.6 Å². The number of nitrogens with one attached hydrogen (secondary N) is 1. The standard InChI is InChI=1S/C17H13N3/c1-2-4-14-11-20-16(9-12(14)3-1)13-5-6-15-17(10-13)19-8-7-18-15/h1-7,9-11,19H,8H2. The molecule has 20 heavy (non-hydrogen) atoms. The average molecular weight is 259 g/mol. The summed E-state index contributed by atoms with van der Waals surface area (Å²) >= 11 is 0. The molecule has 1 aliphatic heterocycles. The molecule has 0 radical (unpaired) electrons. The molecular weight excluding hydrogens is 246 g/mol. The largest absolute Gasteiger partial charge is 0.378 e. The van der Waals surface area contributed by atoms with Crippen LogP contribution in [-0.4, -0.2) is 17.7 Å². The molecule has 0 saturated heterocycles. The molecule has 2 aromatic carbocycles. The highest BCUT2D eigenvalue weighted by Gasteiger charge is 2.08. The van der Waals surface area contributed by atoms with Crippen LogP contribution in [0.2, 0.25) is 0 Å². The molecular formula is C17H13N3. The molecule has 0 saturated carbocycles. The normalized spacial score (nSPS) is 13.0. The van der Waals surface area contributed by atoms with Gasteiger partial charge in [-0.05, 0) is 23.6 Å². The molecule has 0 aliphatic carbocycles. The van der Waals surface area contributed by atoms with E-state index < -0.39 is 0 Å². The number of aromatic nitrogens is 1. The second-order valence-electron chi connectivity index (χ2n) is 4.84. The zero-order valence-electron chi connectivity index (χ0n) is 10.9. The molecule has 0 spiro atoms. The Hall–Kier alpha value is -2.68. The minimum atomic E-state index is 0.779. The minimum absolute atomic E-state index is 0.779. The van der Waals surface area contributed by atoms with Crippen molar-refractivity contribution in [3.05, 3.63) is 54.7 Å². The van der Waals surface area contributed by atoms with Crippen LogP contribution in [0.3, 0.4) is 0 Å². The van der Waals surface area contributed by atoms with Gasteiger partial charge in [0.1, 0.15) is 0 Å². The number of pyridine rings is 1. The van der Waals surface area contributed by atoms with Gasteiger partial charge in [0.2, 0.25) is 0 Å². The first-order valence-corrected chi connectivity index (χ1v) is 6.66. The van der Waals surface area contributed by atoms with E-state index in [1.807, 2.05) is 24.5 Å². The summed E-state index contributed by atoms with van der Waals surface area (Å²) in [6, 6.07) is 16.6. The fraction of sp³-hybridized carbons (Fsp3) is 0.0588. The summed E-state index contributed by atoms with van der Waals surface area (Å²) in [4.78, 5) is 8.93. The maximum Gasteiger partial charge on any atom is 0.0858 e. The van der Waals surface area contributed by atoms with Crippen molar-refractivity contribution in [1.82, 2.24) is 4.98 Å². The monoisotopic (exact) mass is 259 g/mol. The fourth-order valence-corrected chi connectivity index (χ4v) is 2.49. The van der Waals surface area contributed by atoms with E-state index in [4.69, 9.17) is 0 Å². The second-order valence-corrected chi connectivity index (χ2v) is 4.84. The summed E-state index contributed by atoms with van der Waals surface area (Å²) in [5.41, 5.74) is 4.16. The lowest BCUT2D eigenvalue weighted by Crippen LogP contribution is -2.06. The Kier molecular flexibility index (Phi) is 2.49. The highest BCUT2D eigenvalue weighted by Crippen LogP contribution is 2.32. The lowest BCUT2D eigenvalue weighted by molar-refractivity contribution is 1.32. The molecule has 0 bridgehead atoms. The van der Waals surface area contributed by atoms with Gasteiger partial charge in [-0.15, -0.1) is 0 Å². The van der Waals surface area contributed by atoms with Gasteiger partial charge >= 0.3 is 0 Å². The molecule has 96 valence electrons. The molecule has 1 aromatic heterocycles. The van der Waals surface area contributed by atoms with Crippen LogP contribution in [-0.2, 0) is 0 Å². The summed E-state index contributed by atoms with van der Waals surface area (Å²) < 4.78 is 0. The first-order valence-electron chi connectivity index (χ1n) is 6.66. The predicted octanol–water partition coefficient (Wildman–Crippen LogP) is 4.03. The van der Waals surface area contributed by atoms with Crippen LogP contribution >= 0.6 is 0 Å². The van der Waals surface area contributed by atoms with Gasteiger partial charge in [-0.3, -0.25) is 9.98 Å². The Morgan fingerprint density at radius 3 is 2.80 bits per heavy atom. The Bertz CT molecular complexity index is 821. The van der Waals surface area contributed by atoms with Crippen molar-refractivity contribution < 1.29 is 0 Å². The van der Waals surface area contributed by atoms with Gasteiger partial charge in [0.15, 0.2) is 0 Å². The molecule has 1 N–H and O–H groups in total. The Labute approximate surface area is 117 Å². The number of aliphatic imine (C=N–C) groups is 1. The Morgan fingerprint density at radius 1 is 0.950 bits per heavy atom. The summed E-state index contributed by atoms with van der Waals surface area (Å²) in [6.45, 7) is 0.779. The number of hydrogen-bond acceptors (Lipinski definition) is 3. The van der Waals surface area contributed by atoms with E-state index in [0.29, 0.717) is 0 Å². The summed E-state index contributed by atoms with van der Waals surface area (Å²) in [6.07, 6.45) is 3.81. The zero-order chi connectivity index (χ0) is 13.4. The average Bonchev–Trinajstić information content (AvgIpc) is 2.54. The molecule has 0 unspecified atom stereocenters. The predicted molar refractivity (Wildman–Crippen MR) is 83.8 cm³/mol. The van der Waals surface area contributed by atoms with Crippen molar-refractivity contribution in [2.75, 3.05) is 11.9 Å². The SMILES string of the molecule is C1=Nc2ccc(-c3cc4ccccc4cn3)cc2NC1. The highest BCUT2D eigenvalue weighted by atomic mass is 15.0. The number of anilines is 1. The summed E-state index contributed by atoms with van der Waals surface area (Å²) in [5.74, 6) is 0. The third kappa shape index (κ3) is 1.84. The van der Waals surface area contributed by atoms with Crippen molar-refractivity contribution >= 4 is 28.4 Å². The summed E-state index contributed by atoms with van der Waals surface area (Å²) in [7, 11) is 0. The fourth-order valence-electron chi connectivity index (χ4n) is 2.49. The van der Waals surface area contributed by atoms with Crippen molar-refractivity contribution in [2.45, 2.75) is 0 Å². The van der Waals surface area contributed by atoms with Gasteiger partial charge in [-0.25, -0.2) is 0 Å². The van der Waals surface area contributed by atoms with E-state index in [9.17, 15) is 0 Å². The summed E-state index contributed by atoms with van der Waals surface area (Å²) in [5, 5.41) is 5.71. The van der Waals surface area contributed by atoms with Gasteiger partial charge in [-0.1, -0.05) is 30.3 Å². The zero-order valence-corrected chi connectivity index (χ0v) is 10.9. The van der Waals surface area contributed by atoms with Gasteiger partial charge in [0.25, 0.3) is 0 Å². The van der Waals surface area contributed by atoms with E-state index in [1.54, 1.807) is 0 Å². The van der Waals surface area contributed by atoms with Crippen molar-refractivity contribution in [2.24, 2.45) is 4.99 Å². The van der Waals surface area contributed by atoms with Crippen LogP contribution in [0.15, 0.2) is 59.7 Å². The van der Waals surface area contributed by atoms with E-state index in [2.05, 4.69) is 51.7 Å². The van der Waals surface area contributed by atoms with Crippen molar-refractivity contribution in [3.8, 4) is 11.3 Å². The first kappa shape index (κ1) is 11.2. The van der Waals surface area contributed by atoms with Crippen LogP contribution in [0.5, 0.6) is 0 Å². The number of fused-ring (bicyclic) bond motifs is 2. The van der Waals surface area contributed by atoms with E-state index in [1.165, 1.54) is 5.39 Å². The molecule has 0 atom stereocenters. The minimum Gasteiger partial charge on any atom is -0.378 e. The van der Waals surface area contributed by atoms with Crippen LogP contribution in [0.4, 0.5) is 11.4 Å². The third-order valence-corrected chi connectivity index (χ3v) is 3.54. The van der Waals surface area contributed by atoms with E-state index in [-0.39, 0.29) is 0 Å². The molecule has 3 aromatic rings. The number of benzene rings is 2. The molecule has 2 heterocycles. The number of nitrogens with zero attached hydrogens (tertiary/aromatic N) is 2. The van der Waals surface area contributed by atoms with Crippen molar-refractivity contribution in [1.29, 1.82) is 0 Å². The molecule has 4 rings (SSSR count). The van der Waals surface area contributed by atoms with Crippen LogP contribution in [0, 0.1) is 0 Å². The number of hydrogen-bond donors (Lipinski definition) is 1. The smallest absolute Gasteiger partial charge is 0.0858 e. The van der Waals surface area contributed by atoms with Gasteiger partial charge in [0, 0.05) is 23.4 Å². The first-order chi connectivity index (χ1) is 9.90. The molecule has 3 heteroatoms. The van der Waals surface area contributed by atoms with E-state index >= 15 is 0 Å². The Balaban J connectivity index is 1.84. The second kappa shape index (κ2) is 4.46. The van der Waals surface area contributed by atoms with Crippen molar-refractivity contribution in [3.63, 3.8) is 0 Å². The number of rotatable bonds is 1. The highest BCUT2D eigenvalue weighted by molar-refractivity contribution is 5.87. The lowest BCUT2D eigenvalue weighted by atomic mass is 10.1. The third-order valence-electron chi connectivity index (χ3n) is 3.54. The quantitative estimate of drug-likeness (QED) is 0.716. The Morgan fingerprint density at radius 2 is 1.85 bits per heavy atom.